The van der Waals surface area contributed by atoms with Gasteiger partial charge in [0.1, 0.15) is 37.1 Å². The molecule has 16 atom stereocenters. The molecule has 16 heteroatoms. The van der Waals surface area contributed by atoms with Gasteiger partial charge in [0.25, 0.3) is 11.7 Å². The third-order valence-corrected chi connectivity index (χ3v) is 17.8. The summed E-state index contributed by atoms with van der Waals surface area (Å²) in [6, 6.07) is -1.14. The zero-order valence-corrected chi connectivity index (χ0v) is 44.3. The molecule has 1 saturated carbocycles. The highest BCUT2D eigenvalue weighted by Gasteiger charge is 2.53. The monoisotopic (exact) mass is 992 g/mol. The zero-order valence-electron chi connectivity index (χ0n) is 42.5. The number of methoxy groups -OCH3 is 3. The lowest BCUT2D eigenvalue weighted by Crippen LogP contribution is -2.61. The van der Waals surface area contributed by atoms with Crippen LogP contribution in [0.4, 0.5) is 0 Å². The molecule has 2 saturated heterocycles. The molecule has 2 unspecified atom stereocenters. The SMILES string of the molecule is CO[C@H]1C[C@@H]2CC[C@@H](C)[C@@](O)(O2)C(=O)C(=O)N2CCCC[C@H]2C(=O)O[C@H]([C@H](C)C[C@@H]2CCC(S[PH](C)=O)[C@H](OC)C2)CC(=O)[C@H](C)/C=C(\C)[C@@H](O)[C@@H](OC)C(=O)[C@H](C)C[C@H](C)/C=C/C=C/C=C/1C. The number of fused-ring (bicyclic) bond motifs is 3. The number of esters is 1. The van der Waals surface area contributed by atoms with Crippen LogP contribution in [0.3, 0.4) is 0 Å². The molecule has 384 valence electrons. The second-order valence-electron chi connectivity index (χ2n) is 20.2. The molecule has 3 aliphatic heterocycles. The smallest absolute Gasteiger partial charge is 0.329 e. The van der Waals surface area contributed by atoms with Gasteiger partial charge in [0.15, 0.2) is 5.78 Å². The molecular weight excluding hydrogens is 910 g/mol. The van der Waals surface area contributed by atoms with Crippen LogP contribution in [-0.4, -0.2) is 133 Å². The van der Waals surface area contributed by atoms with Gasteiger partial charge in [0, 0.05) is 63.7 Å². The maximum Gasteiger partial charge on any atom is 0.329 e. The van der Waals surface area contributed by atoms with E-state index in [0.29, 0.717) is 56.9 Å². The predicted octanol–water partition coefficient (Wildman–Crippen LogP) is 8.03. The van der Waals surface area contributed by atoms with Crippen LogP contribution < -0.4 is 0 Å². The molecular formula is C52H82NO13PS. The number of hydrogen-bond acceptors (Lipinski definition) is 14. The van der Waals surface area contributed by atoms with Gasteiger partial charge in [0.05, 0.1) is 18.3 Å². The predicted molar refractivity (Wildman–Crippen MR) is 265 cm³/mol. The van der Waals surface area contributed by atoms with E-state index in [4.69, 9.17) is 23.7 Å². The second kappa shape index (κ2) is 27.2. The number of ketones is 3. The highest BCUT2D eigenvalue weighted by atomic mass is 32.7. The normalized spacial score (nSPS) is 39.6. The molecule has 0 radical (unpaired) electrons. The quantitative estimate of drug-likeness (QED) is 0.103. The fourth-order valence-corrected chi connectivity index (χ4v) is 13.6. The Morgan fingerprint density at radius 3 is 2.28 bits per heavy atom. The van der Waals surface area contributed by atoms with E-state index in [1.807, 2.05) is 58.1 Å². The molecule has 4 rings (SSSR count). The minimum Gasteiger partial charge on any atom is -0.460 e. The van der Waals surface area contributed by atoms with E-state index in [-0.39, 0.29) is 60.1 Å². The van der Waals surface area contributed by atoms with Crippen LogP contribution >= 0.6 is 18.4 Å². The molecule has 14 nitrogen and oxygen atoms in total. The summed E-state index contributed by atoms with van der Waals surface area (Å²) in [5, 5.41) is 23.6. The van der Waals surface area contributed by atoms with E-state index < -0.39 is 84.8 Å². The molecule has 1 amide bonds. The number of aliphatic hydroxyl groups excluding tert-OH is 1. The summed E-state index contributed by atoms with van der Waals surface area (Å²) in [5.74, 6) is -7.88. The van der Waals surface area contributed by atoms with Crippen molar-refractivity contribution in [3.8, 4) is 0 Å². The van der Waals surface area contributed by atoms with E-state index in [1.54, 1.807) is 47.7 Å². The van der Waals surface area contributed by atoms with Gasteiger partial charge in [-0.1, -0.05) is 82.5 Å². The van der Waals surface area contributed by atoms with Crippen molar-refractivity contribution in [2.24, 2.45) is 35.5 Å². The number of nitrogens with zero attached hydrogens (tertiary/aromatic N) is 1. The zero-order chi connectivity index (χ0) is 50.5. The molecule has 0 aromatic heterocycles. The Bertz CT molecular complexity index is 1890. The molecule has 68 heavy (non-hydrogen) atoms. The summed E-state index contributed by atoms with van der Waals surface area (Å²) in [4.78, 5) is 72.2. The van der Waals surface area contributed by atoms with E-state index >= 15 is 0 Å². The van der Waals surface area contributed by atoms with Crippen molar-refractivity contribution in [3.63, 3.8) is 0 Å². The van der Waals surface area contributed by atoms with Crippen LogP contribution in [0.1, 0.15) is 126 Å². The third kappa shape index (κ3) is 15.6. The summed E-state index contributed by atoms with van der Waals surface area (Å²) < 4.78 is 42.0. The van der Waals surface area contributed by atoms with Crippen LogP contribution in [0.2, 0.25) is 0 Å². The number of rotatable bonds is 8. The van der Waals surface area contributed by atoms with Crippen molar-refractivity contribution in [1.29, 1.82) is 0 Å². The first-order valence-electron chi connectivity index (χ1n) is 24.8. The van der Waals surface area contributed by atoms with Crippen LogP contribution in [0.25, 0.3) is 0 Å². The molecule has 0 spiro atoms. The van der Waals surface area contributed by atoms with Crippen LogP contribution in [0, 0.1) is 35.5 Å². The number of cyclic esters (lactones) is 1. The number of carbonyl (C=O) groups is 5. The minimum absolute atomic E-state index is 0.0175. The van der Waals surface area contributed by atoms with Crippen molar-refractivity contribution in [2.75, 3.05) is 34.5 Å². The highest BCUT2D eigenvalue weighted by Crippen LogP contribution is 2.46. The topological polar surface area (TPSA) is 192 Å². The average Bonchev–Trinajstić information content (AvgIpc) is 3.30. The fraction of sp³-hybridized carbons (Fsp3) is 0.750. The first-order chi connectivity index (χ1) is 32.1. The molecule has 4 aliphatic rings. The van der Waals surface area contributed by atoms with Gasteiger partial charge in [-0.15, -0.1) is 0 Å². The Hall–Kier alpha value is -2.75. The first-order valence-corrected chi connectivity index (χ1v) is 28.3. The Morgan fingerprint density at radius 1 is 0.897 bits per heavy atom. The average molecular weight is 992 g/mol. The summed E-state index contributed by atoms with van der Waals surface area (Å²) in [6.45, 7) is 14.5. The molecule has 1 aliphatic carbocycles. The van der Waals surface area contributed by atoms with E-state index in [2.05, 4.69) is 0 Å². The number of hydrogen-bond donors (Lipinski definition) is 2. The maximum atomic E-state index is 14.5. The lowest BCUT2D eigenvalue weighted by atomic mass is 9.79. The summed E-state index contributed by atoms with van der Waals surface area (Å²) in [6.07, 6.45) is 12.6. The lowest BCUT2D eigenvalue weighted by molar-refractivity contribution is -0.265. The van der Waals surface area contributed by atoms with Gasteiger partial charge in [-0.3, -0.25) is 19.2 Å². The number of amides is 1. The Balaban J connectivity index is 1.70. The second-order valence-corrected chi connectivity index (χ2v) is 24.4. The number of Topliss-reactive ketones (excluding diaryl/α,β-unsaturated/α-hetero) is 3. The van der Waals surface area contributed by atoms with Gasteiger partial charge in [-0.2, -0.15) is 0 Å². The van der Waals surface area contributed by atoms with Crippen LogP contribution in [-0.2, 0) is 52.2 Å². The number of piperidine rings is 1. The molecule has 0 aromatic carbocycles. The highest BCUT2D eigenvalue weighted by molar-refractivity contribution is 8.51. The van der Waals surface area contributed by atoms with Gasteiger partial charge in [0.2, 0.25) is 5.79 Å². The number of aliphatic hydroxyl groups is 2. The van der Waals surface area contributed by atoms with E-state index in [9.17, 15) is 38.8 Å². The van der Waals surface area contributed by atoms with Crippen molar-refractivity contribution in [3.05, 3.63) is 47.6 Å². The van der Waals surface area contributed by atoms with Gasteiger partial charge in [-0.05, 0) is 114 Å². The van der Waals surface area contributed by atoms with Gasteiger partial charge >= 0.3 is 5.97 Å². The summed E-state index contributed by atoms with van der Waals surface area (Å²) in [5.41, 5.74) is 1.27. The van der Waals surface area contributed by atoms with Crippen molar-refractivity contribution < 1.29 is 62.4 Å². The maximum absolute atomic E-state index is 14.5. The summed E-state index contributed by atoms with van der Waals surface area (Å²) in [7, 11) is 2.84. The third-order valence-electron chi connectivity index (χ3n) is 14.8. The Labute approximate surface area is 410 Å². The number of ether oxygens (including phenoxy) is 5. The van der Waals surface area contributed by atoms with Gasteiger partial charge in [-0.25, -0.2) is 4.79 Å². The molecule has 3 fully saturated rings. The first kappa shape index (κ1) is 57.8. The van der Waals surface area contributed by atoms with Crippen LogP contribution in [0.5, 0.6) is 0 Å². The molecule has 0 aromatic rings. The van der Waals surface area contributed by atoms with Crippen molar-refractivity contribution in [2.45, 2.75) is 179 Å². The van der Waals surface area contributed by atoms with Gasteiger partial charge < -0.3 is 43.4 Å². The van der Waals surface area contributed by atoms with Crippen LogP contribution in [0.15, 0.2) is 47.6 Å². The lowest BCUT2D eigenvalue weighted by Gasteiger charge is -2.42. The van der Waals surface area contributed by atoms with Crippen molar-refractivity contribution >= 4 is 47.6 Å². The van der Waals surface area contributed by atoms with E-state index in [0.717, 1.165) is 18.4 Å². The van der Waals surface area contributed by atoms with E-state index in [1.165, 1.54) is 23.4 Å². The molecule has 2 bridgehead atoms. The minimum atomic E-state index is -2.43. The standard InChI is InChI=1S/C52H82NO13PS/c1-31-17-13-12-14-18-32(2)42(62-8)29-39-22-20-37(7)52(60,66-39)49(57)50(58)53-24-16-15-19-40(53)51(59)65-43(34(4)27-38-21-23-45(68-67(11)61)44(28-38)63-9)30-41(54)33(3)26-36(6)47(56)48(64-10)46(55)35(5)25-31/h12-14,17-18,26,31,33-35,37-40,42-45,47-48,56,60,67H,15-16,19-25,27-30H2,1-11H3/b14-12+,17-13+,32-18+,36-26+/t31-,33-,34-,35-,37-,38+,39+,40+,42+,43+,44-,45?,47-,48+,52-/m1/s1. The molecule has 3 heterocycles. The number of carbonyl (C=O) groups excluding carboxylic acids is 5. The fourth-order valence-electron chi connectivity index (χ4n) is 10.4. The largest absolute Gasteiger partial charge is 0.460 e. The summed E-state index contributed by atoms with van der Waals surface area (Å²) >= 11 is 1.47. The Morgan fingerprint density at radius 2 is 1.62 bits per heavy atom. The Kier molecular flexibility index (Phi) is 23.1. The molecule has 2 N–H and O–H groups in total. The van der Waals surface area contributed by atoms with Crippen molar-refractivity contribution in [1.82, 2.24) is 4.90 Å². The number of allylic oxidation sites excluding steroid dienone is 6.